The Kier molecular flexibility index (Phi) is 4.14. The van der Waals surface area contributed by atoms with E-state index in [0.29, 0.717) is 24.2 Å². The summed E-state index contributed by atoms with van der Waals surface area (Å²) in [6, 6.07) is 7.96. The number of anilines is 1. The molecular formula is C21H16F3N5O. The number of fused-ring (bicyclic) bond motifs is 5. The number of nitriles is 2. The molecule has 1 saturated carbocycles. The number of halogens is 3. The molecule has 0 radical (unpaired) electrons. The van der Waals surface area contributed by atoms with Crippen LogP contribution in [0.4, 0.5) is 18.9 Å². The molecule has 0 spiro atoms. The highest BCUT2D eigenvalue weighted by Gasteiger charge is 2.68. The molecule has 1 N–H and O–H groups in total. The summed E-state index contributed by atoms with van der Waals surface area (Å²) in [4.78, 5) is 22.1. The van der Waals surface area contributed by atoms with E-state index in [2.05, 4.69) is 15.3 Å². The second-order valence-electron chi connectivity index (χ2n) is 8.13. The summed E-state index contributed by atoms with van der Waals surface area (Å²) in [5, 5.41) is 21.3. The standard InChI is InChI=1S/C21H16F3N5O/c1-19(2)13-7-8-20(19,17-16(13)28-14(9-25)15(10-26)29-17)18(30)27-12-5-3-11(4-6-12)21(22,23)24/h3-6,13H,7-8H2,1-2H3,(H,27,30). The van der Waals surface area contributed by atoms with E-state index < -0.39 is 28.5 Å². The summed E-state index contributed by atoms with van der Waals surface area (Å²) < 4.78 is 38.4. The molecule has 1 heterocycles. The molecule has 9 heteroatoms. The monoisotopic (exact) mass is 411 g/mol. The van der Waals surface area contributed by atoms with Crippen LogP contribution >= 0.6 is 0 Å². The zero-order valence-electron chi connectivity index (χ0n) is 16.1. The number of nitrogens with one attached hydrogen (secondary N) is 1. The fourth-order valence-corrected chi connectivity index (χ4v) is 4.90. The Morgan fingerprint density at radius 3 is 2.30 bits per heavy atom. The quantitative estimate of drug-likeness (QED) is 0.804. The summed E-state index contributed by atoms with van der Waals surface area (Å²) >= 11 is 0. The Bertz CT molecular complexity index is 1140. The lowest BCUT2D eigenvalue weighted by molar-refractivity contribution is -0.137. The van der Waals surface area contributed by atoms with Gasteiger partial charge in [0.05, 0.1) is 22.4 Å². The second-order valence-corrected chi connectivity index (χ2v) is 8.13. The van der Waals surface area contributed by atoms with E-state index in [1.807, 2.05) is 26.0 Å². The maximum absolute atomic E-state index is 13.5. The molecule has 1 aromatic carbocycles. The Labute approximate surface area is 170 Å². The molecule has 152 valence electrons. The Morgan fingerprint density at radius 1 is 1.13 bits per heavy atom. The molecule has 0 saturated heterocycles. The van der Waals surface area contributed by atoms with Crippen LogP contribution in [0.5, 0.6) is 0 Å². The molecule has 2 atom stereocenters. The van der Waals surface area contributed by atoms with Crippen LogP contribution in [-0.4, -0.2) is 15.9 Å². The van der Waals surface area contributed by atoms with Crippen LogP contribution in [0.3, 0.4) is 0 Å². The number of aromatic nitrogens is 2. The largest absolute Gasteiger partial charge is 0.416 e. The fourth-order valence-electron chi connectivity index (χ4n) is 4.90. The van der Waals surface area contributed by atoms with Gasteiger partial charge in [0.2, 0.25) is 5.91 Å². The second kappa shape index (κ2) is 6.27. The number of nitrogens with zero attached hydrogens (tertiary/aromatic N) is 4. The van der Waals surface area contributed by atoms with Crippen LogP contribution in [0.2, 0.25) is 0 Å². The molecule has 4 rings (SSSR count). The van der Waals surface area contributed by atoms with E-state index in [9.17, 15) is 28.5 Å². The van der Waals surface area contributed by atoms with Crippen molar-refractivity contribution in [3.8, 4) is 12.1 Å². The van der Waals surface area contributed by atoms with Crippen molar-refractivity contribution in [3.05, 3.63) is 52.6 Å². The first kappa shape index (κ1) is 19.8. The van der Waals surface area contributed by atoms with Gasteiger partial charge in [-0.3, -0.25) is 4.79 Å². The lowest BCUT2D eigenvalue weighted by atomic mass is 9.67. The van der Waals surface area contributed by atoms with Gasteiger partial charge in [0.15, 0.2) is 11.4 Å². The van der Waals surface area contributed by atoms with Gasteiger partial charge in [0.1, 0.15) is 12.1 Å². The van der Waals surface area contributed by atoms with Crippen LogP contribution in [0.15, 0.2) is 24.3 Å². The minimum atomic E-state index is -4.46. The van der Waals surface area contributed by atoms with E-state index in [-0.39, 0.29) is 23.0 Å². The minimum Gasteiger partial charge on any atom is -0.325 e. The molecule has 2 aromatic rings. The molecule has 2 aliphatic carbocycles. The molecule has 0 aliphatic heterocycles. The first-order valence-corrected chi connectivity index (χ1v) is 9.27. The summed E-state index contributed by atoms with van der Waals surface area (Å²) in [5.74, 6) is -0.519. The highest BCUT2D eigenvalue weighted by Crippen LogP contribution is 2.67. The third-order valence-corrected chi connectivity index (χ3v) is 6.51. The number of rotatable bonds is 2. The number of benzene rings is 1. The molecule has 2 aliphatic rings. The van der Waals surface area contributed by atoms with Crippen molar-refractivity contribution in [2.75, 3.05) is 5.32 Å². The molecule has 1 fully saturated rings. The third kappa shape index (κ3) is 2.51. The van der Waals surface area contributed by atoms with E-state index in [1.54, 1.807) is 0 Å². The summed E-state index contributed by atoms with van der Waals surface area (Å²) in [5.41, 5.74) is -1.54. The topological polar surface area (TPSA) is 102 Å². The number of carbonyl (C=O) groups excluding carboxylic acids is 1. The zero-order chi connectivity index (χ0) is 21.9. The van der Waals surface area contributed by atoms with Crippen molar-refractivity contribution in [2.24, 2.45) is 5.41 Å². The molecule has 6 nitrogen and oxygen atoms in total. The molecule has 2 unspecified atom stereocenters. The smallest absolute Gasteiger partial charge is 0.325 e. The molecular weight excluding hydrogens is 395 g/mol. The van der Waals surface area contributed by atoms with Gasteiger partial charge in [-0.2, -0.15) is 23.7 Å². The summed E-state index contributed by atoms with van der Waals surface area (Å²) in [7, 11) is 0. The van der Waals surface area contributed by atoms with Crippen molar-refractivity contribution >= 4 is 11.6 Å². The van der Waals surface area contributed by atoms with Crippen LogP contribution in [-0.2, 0) is 16.4 Å². The zero-order valence-corrected chi connectivity index (χ0v) is 16.1. The first-order valence-electron chi connectivity index (χ1n) is 9.27. The van der Waals surface area contributed by atoms with E-state index >= 15 is 0 Å². The van der Waals surface area contributed by atoms with Gasteiger partial charge in [0.25, 0.3) is 0 Å². The number of amides is 1. The lowest BCUT2D eigenvalue weighted by Crippen LogP contribution is -2.46. The average Bonchev–Trinajstić information content (AvgIpc) is 3.08. The minimum absolute atomic E-state index is 0.0714. The maximum Gasteiger partial charge on any atom is 0.416 e. The van der Waals surface area contributed by atoms with Gasteiger partial charge in [0, 0.05) is 11.6 Å². The highest BCUT2D eigenvalue weighted by molar-refractivity contribution is 6.01. The van der Waals surface area contributed by atoms with Crippen LogP contribution in [0.1, 0.15) is 60.9 Å². The van der Waals surface area contributed by atoms with Gasteiger partial charge >= 0.3 is 6.18 Å². The van der Waals surface area contributed by atoms with Gasteiger partial charge in [-0.15, -0.1) is 0 Å². The van der Waals surface area contributed by atoms with Crippen molar-refractivity contribution in [3.63, 3.8) is 0 Å². The van der Waals surface area contributed by atoms with Crippen LogP contribution in [0.25, 0.3) is 0 Å². The van der Waals surface area contributed by atoms with Crippen molar-refractivity contribution in [1.29, 1.82) is 10.5 Å². The van der Waals surface area contributed by atoms with Crippen LogP contribution < -0.4 is 5.32 Å². The van der Waals surface area contributed by atoms with Crippen molar-refractivity contribution in [1.82, 2.24) is 9.97 Å². The first-order chi connectivity index (χ1) is 14.1. The Balaban J connectivity index is 1.76. The number of alkyl halides is 3. The molecule has 1 amide bonds. The van der Waals surface area contributed by atoms with Gasteiger partial charge in [-0.1, -0.05) is 13.8 Å². The average molecular weight is 411 g/mol. The number of carbonyl (C=O) groups is 1. The van der Waals surface area contributed by atoms with Gasteiger partial charge in [-0.05, 0) is 42.5 Å². The molecule has 30 heavy (non-hydrogen) atoms. The maximum atomic E-state index is 13.5. The number of hydrogen-bond acceptors (Lipinski definition) is 5. The summed E-state index contributed by atoms with van der Waals surface area (Å²) in [6.07, 6.45) is -3.34. The SMILES string of the molecule is CC1(C)C2CCC1(C(=O)Nc1ccc(C(F)(F)F)cc1)c1nc(C#N)c(C#N)nc12. The fraction of sp³-hybridized carbons (Fsp3) is 0.381. The predicted octanol–water partition coefficient (Wildman–Crippen LogP) is 4.03. The Hall–Kier alpha value is -3.46. The molecule has 2 bridgehead atoms. The van der Waals surface area contributed by atoms with Crippen molar-refractivity contribution in [2.45, 2.75) is 44.2 Å². The normalized spacial score (nSPS) is 23.4. The van der Waals surface area contributed by atoms with E-state index in [4.69, 9.17) is 0 Å². The molecule has 1 aromatic heterocycles. The highest BCUT2D eigenvalue weighted by atomic mass is 19.4. The predicted molar refractivity (Wildman–Crippen MR) is 99.0 cm³/mol. The van der Waals surface area contributed by atoms with E-state index in [0.717, 1.165) is 12.1 Å². The van der Waals surface area contributed by atoms with Gasteiger partial charge in [-0.25, -0.2) is 9.97 Å². The van der Waals surface area contributed by atoms with Crippen molar-refractivity contribution < 1.29 is 18.0 Å². The van der Waals surface area contributed by atoms with Crippen LogP contribution in [0, 0.1) is 28.1 Å². The lowest BCUT2D eigenvalue weighted by Gasteiger charge is -2.36. The number of hydrogen-bond donors (Lipinski definition) is 1. The van der Waals surface area contributed by atoms with E-state index in [1.165, 1.54) is 12.1 Å². The third-order valence-electron chi connectivity index (χ3n) is 6.51. The Morgan fingerprint density at radius 2 is 1.73 bits per heavy atom. The van der Waals surface area contributed by atoms with Gasteiger partial charge < -0.3 is 5.32 Å². The summed E-state index contributed by atoms with van der Waals surface area (Å²) in [6.45, 7) is 3.83.